The summed E-state index contributed by atoms with van der Waals surface area (Å²) in [5, 5.41) is 0.408. The monoisotopic (exact) mass is 214 g/mol. The van der Waals surface area contributed by atoms with Gasteiger partial charge in [-0.3, -0.25) is 4.98 Å². The lowest BCUT2D eigenvalue weighted by Gasteiger charge is -2.15. The summed E-state index contributed by atoms with van der Waals surface area (Å²) in [4.78, 5) is 8.01. The molecule has 0 amide bonds. The summed E-state index contributed by atoms with van der Waals surface area (Å²) in [5.74, 6) is 0.509. The topological polar surface area (TPSA) is 35.0 Å². The Bertz CT molecular complexity index is 274. The van der Waals surface area contributed by atoms with Crippen molar-refractivity contribution in [2.45, 2.75) is 33.5 Å². The van der Waals surface area contributed by atoms with E-state index in [2.05, 4.69) is 23.8 Å². The average Bonchev–Trinajstić information content (AvgIpc) is 2.16. The fourth-order valence-electron chi connectivity index (χ4n) is 0.823. The molecule has 0 saturated carbocycles. The summed E-state index contributed by atoms with van der Waals surface area (Å²) in [6.45, 7) is 6.79. The molecule has 1 aromatic rings. The Morgan fingerprint density at radius 2 is 2.00 bits per heavy atom. The zero-order chi connectivity index (χ0) is 10.6. The van der Waals surface area contributed by atoms with Crippen LogP contribution >= 0.6 is 11.6 Å². The Kier molecular flexibility index (Phi) is 4.29. The third-order valence-electron chi connectivity index (χ3n) is 2.11. The van der Waals surface area contributed by atoms with Gasteiger partial charge in [-0.05, 0) is 12.8 Å². The second-order valence-corrected chi connectivity index (χ2v) is 3.98. The predicted molar refractivity (Wildman–Crippen MR) is 56.1 cm³/mol. The molecule has 4 heteroatoms. The quantitative estimate of drug-likeness (QED) is 0.773. The number of rotatable bonds is 4. The largest absolute Gasteiger partial charge is 0.372 e. The summed E-state index contributed by atoms with van der Waals surface area (Å²) in [7, 11) is 0. The molecule has 14 heavy (non-hydrogen) atoms. The number of hydrogen-bond donors (Lipinski definition) is 0. The van der Waals surface area contributed by atoms with Gasteiger partial charge in [0.15, 0.2) is 0 Å². The first kappa shape index (κ1) is 11.4. The van der Waals surface area contributed by atoms with E-state index in [-0.39, 0.29) is 6.10 Å². The molecule has 3 nitrogen and oxygen atoms in total. The van der Waals surface area contributed by atoms with Crippen LogP contribution in [0.5, 0.6) is 0 Å². The minimum absolute atomic E-state index is 0.229. The minimum atomic E-state index is 0.229. The van der Waals surface area contributed by atoms with E-state index in [9.17, 15) is 0 Å². The third kappa shape index (κ3) is 3.60. The molecule has 0 aliphatic rings. The van der Waals surface area contributed by atoms with E-state index in [1.807, 2.05) is 6.92 Å². The highest BCUT2D eigenvalue weighted by atomic mass is 35.5. The van der Waals surface area contributed by atoms with Crippen LogP contribution in [-0.4, -0.2) is 16.1 Å². The van der Waals surface area contributed by atoms with E-state index in [1.165, 1.54) is 6.20 Å². The van der Waals surface area contributed by atoms with Crippen LogP contribution in [0.15, 0.2) is 12.4 Å². The molecule has 0 radical (unpaired) electrons. The number of ether oxygens (including phenoxy) is 1. The van der Waals surface area contributed by atoms with Crippen LogP contribution in [0.4, 0.5) is 0 Å². The molecule has 1 atom stereocenters. The molecule has 0 aliphatic carbocycles. The Morgan fingerprint density at radius 3 is 2.50 bits per heavy atom. The highest BCUT2D eigenvalue weighted by Crippen LogP contribution is 2.08. The molecule has 0 fully saturated rings. The number of hydrogen-bond acceptors (Lipinski definition) is 3. The second kappa shape index (κ2) is 5.27. The van der Waals surface area contributed by atoms with Gasteiger partial charge in [0.05, 0.1) is 30.8 Å². The third-order valence-corrected chi connectivity index (χ3v) is 2.30. The van der Waals surface area contributed by atoms with Gasteiger partial charge in [-0.15, -0.1) is 0 Å². The van der Waals surface area contributed by atoms with E-state index >= 15 is 0 Å². The van der Waals surface area contributed by atoms with Gasteiger partial charge < -0.3 is 4.74 Å². The van der Waals surface area contributed by atoms with Gasteiger partial charge in [-0.25, -0.2) is 4.98 Å². The second-order valence-electron chi connectivity index (χ2n) is 3.59. The van der Waals surface area contributed by atoms with Crippen LogP contribution in [0, 0.1) is 5.92 Å². The SMILES string of the molecule is CC(C)C(C)OCc1cnc(Cl)cn1. The van der Waals surface area contributed by atoms with Crippen LogP contribution in [0.3, 0.4) is 0 Å². The van der Waals surface area contributed by atoms with Gasteiger partial charge in [-0.2, -0.15) is 0 Å². The van der Waals surface area contributed by atoms with Crippen LogP contribution in [-0.2, 0) is 11.3 Å². The van der Waals surface area contributed by atoms with Gasteiger partial charge in [0.1, 0.15) is 5.15 Å². The van der Waals surface area contributed by atoms with E-state index in [0.717, 1.165) is 5.69 Å². The Hall–Kier alpha value is -0.670. The maximum absolute atomic E-state index is 5.61. The van der Waals surface area contributed by atoms with E-state index in [0.29, 0.717) is 17.7 Å². The Labute approximate surface area is 89.5 Å². The molecule has 1 heterocycles. The maximum Gasteiger partial charge on any atom is 0.147 e. The van der Waals surface area contributed by atoms with Crippen molar-refractivity contribution >= 4 is 11.6 Å². The first-order valence-corrected chi connectivity index (χ1v) is 5.05. The van der Waals surface area contributed by atoms with E-state index < -0.39 is 0 Å². The fraction of sp³-hybridized carbons (Fsp3) is 0.600. The van der Waals surface area contributed by atoms with Crippen LogP contribution in [0.25, 0.3) is 0 Å². The molecule has 78 valence electrons. The van der Waals surface area contributed by atoms with Crippen molar-refractivity contribution in [3.63, 3.8) is 0 Å². The van der Waals surface area contributed by atoms with Gasteiger partial charge >= 0.3 is 0 Å². The van der Waals surface area contributed by atoms with Gasteiger partial charge in [0.2, 0.25) is 0 Å². The van der Waals surface area contributed by atoms with Crippen molar-refractivity contribution < 1.29 is 4.74 Å². The zero-order valence-electron chi connectivity index (χ0n) is 8.70. The lowest BCUT2D eigenvalue weighted by Crippen LogP contribution is -2.15. The molecule has 1 unspecified atom stereocenters. The van der Waals surface area contributed by atoms with Crippen molar-refractivity contribution in [3.05, 3.63) is 23.2 Å². The van der Waals surface area contributed by atoms with Crippen molar-refractivity contribution in [3.8, 4) is 0 Å². The first-order chi connectivity index (χ1) is 6.59. The summed E-state index contributed by atoms with van der Waals surface area (Å²) >= 11 is 5.61. The van der Waals surface area contributed by atoms with E-state index in [1.54, 1.807) is 6.20 Å². The summed E-state index contributed by atoms with van der Waals surface area (Å²) < 4.78 is 5.58. The van der Waals surface area contributed by atoms with Crippen LogP contribution in [0.1, 0.15) is 26.5 Å². The van der Waals surface area contributed by atoms with Gasteiger partial charge in [0.25, 0.3) is 0 Å². The molecule has 1 aromatic heterocycles. The molecule has 0 saturated heterocycles. The number of aromatic nitrogens is 2. The molecule has 0 aromatic carbocycles. The molecule has 0 bridgehead atoms. The van der Waals surface area contributed by atoms with Crippen molar-refractivity contribution in [2.24, 2.45) is 5.92 Å². The predicted octanol–water partition coefficient (Wildman–Crippen LogP) is 2.69. The van der Waals surface area contributed by atoms with Gasteiger partial charge in [-0.1, -0.05) is 25.4 Å². The molecule has 0 spiro atoms. The summed E-state index contributed by atoms with van der Waals surface area (Å²) in [6.07, 6.45) is 3.39. The number of nitrogens with zero attached hydrogens (tertiary/aromatic N) is 2. The molecule has 0 aliphatic heterocycles. The molecular formula is C10H15ClN2O. The minimum Gasteiger partial charge on any atom is -0.372 e. The van der Waals surface area contributed by atoms with Crippen molar-refractivity contribution in [1.82, 2.24) is 9.97 Å². The zero-order valence-corrected chi connectivity index (χ0v) is 9.45. The van der Waals surface area contributed by atoms with Crippen molar-refractivity contribution in [1.29, 1.82) is 0 Å². The molecule has 0 N–H and O–H groups in total. The summed E-state index contributed by atoms with van der Waals surface area (Å²) in [6, 6.07) is 0. The van der Waals surface area contributed by atoms with Crippen molar-refractivity contribution in [2.75, 3.05) is 0 Å². The van der Waals surface area contributed by atoms with E-state index in [4.69, 9.17) is 16.3 Å². The highest BCUT2D eigenvalue weighted by molar-refractivity contribution is 6.29. The lowest BCUT2D eigenvalue weighted by atomic mass is 10.1. The van der Waals surface area contributed by atoms with Crippen LogP contribution < -0.4 is 0 Å². The fourth-order valence-corrected chi connectivity index (χ4v) is 0.920. The molecule has 1 rings (SSSR count). The molecular weight excluding hydrogens is 200 g/mol. The normalized spacial score (nSPS) is 13.2. The first-order valence-electron chi connectivity index (χ1n) is 4.67. The van der Waals surface area contributed by atoms with Gasteiger partial charge in [0, 0.05) is 0 Å². The Morgan fingerprint density at radius 1 is 1.29 bits per heavy atom. The Balaban J connectivity index is 2.42. The average molecular weight is 215 g/mol. The summed E-state index contributed by atoms with van der Waals surface area (Å²) in [5.41, 5.74) is 0.807. The number of halogens is 1. The smallest absolute Gasteiger partial charge is 0.147 e. The highest BCUT2D eigenvalue weighted by Gasteiger charge is 2.07. The maximum atomic E-state index is 5.61. The van der Waals surface area contributed by atoms with Crippen LogP contribution in [0.2, 0.25) is 5.15 Å². The standard InChI is InChI=1S/C10H15ClN2O/c1-7(2)8(3)14-6-9-4-13-10(11)5-12-9/h4-5,7-8H,6H2,1-3H3. The lowest BCUT2D eigenvalue weighted by molar-refractivity contribution is 0.0217.